The third-order valence-corrected chi connectivity index (χ3v) is 2.86. The molecule has 0 radical (unpaired) electrons. The lowest BCUT2D eigenvalue weighted by atomic mass is 10.2. The SMILES string of the molecule is Clc1cccc(-c2ccc(CNn3cnnc3)o2)c1. The molecule has 0 fully saturated rings. The predicted octanol–water partition coefficient (Wildman–Crippen LogP) is 2.94. The van der Waals surface area contributed by atoms with Gasteiger partial charge in [-0.25, -0.2) is 4.68 Å². The van der Waals surface area contributed by atoms with E-state index >= 15 is 0 Å². The molecule has 2 heterocycles. The zero-order chi connectivity index (χ0) is 13.1. The minimum atomic E-state index is 0.554. The van der Waals surface area contributed by atoms with Gasteiger partial charge >= 0.3 is 0 Å². The molecule has 3 rings (SSSR count). The summed E-state index contributed by atoms with van der Waals surface area (Å²) in [6, 6.07) is 11.4. The third kappa shape index (κ3) is 2.77. The van der Waals surface area contributed by atoms with Gasteiger partial charge in [0.25, 0.3) is 0 Å². The van der Waals surface area contributed by atoms with E-state index in [1.807, 2.05) is 36.4 Å². The number of hydrogen-bond donors (Lipinski definition) is 1. The summed E-state index contributed by atoms with van der Waals surface area (Å²) in [6.45, 7) is 0.554. The molecule has 0 unspecified atom stereocenters. The number of nitrogens with zero attached hydrogens (tertiary/aromatic N) is 3. The third-order valence-electron chi connectivity index (χ3n) is 2.63. The molecule has 0 aliphatic heterocycles. The van der Waals surface area contributed by atoms with Gasteiger partial charge in [0, 0.05) is 10.6 Å². The zero-order valence-corrected chi connectivity index (χ0v) is 10.7. The summed E-state index contributed by atoms with van der Waals surface area (Å²) in [4.78, 5) is 0. The Balaban J connectivity index is 1.72. The standard InChI is InChI=1S/C13H11ClN4O/c14-11-3-1-2-10(6-11)13-5-4-12(19-13)7-17-18-8-15-16-9-18/h1-6,8-9,17H,7H2. The molecule has 3 aromatic rings. The maximum Gasteiger partial charge on any atom is 0.138 e. The lowest BCUT2D eigenvalue weighted by Crippen LogP contribution is -2.11. The molecule has 0 saturated heterocycles. The highest BCUT2D eigenvalue weighted by Gasteiger charge is 2.05. The van der Waals surface area contributed by atoms with Crippen molar-refractivity contribution in [3.8, 4) is 11.3 Å². The fourth-order valence-corrected chi connectivity index (χ4v) is 1.91. The van der Waals surface area contributed by atoms with Crippen LogP contribution in [0.5, 0.6) is 0 Å². The highest BCUT2D eigenvalue weighted by atomic mass is 35.5. The van der Waals surface area contributed by atoms with Gasteiger partial charge in [-0.15, -0.1) is 10.2 Å². The molecule has 0 aliphatic rings. The molecule has 1 N–H and O–H groups in total. The number of benzene rings is 1. The van der Waals surface area contributed by atoms with Crippen LogP contribution in [0.2, 0.25) is 5.02 Å². The second kappa shape index (κ2) is 5.16. The quantitative estimate of drug-likeness (QED) is 0.795. The van der Waals surface area contributed by atoms with Crippen molar-refractivity contribution in [2.45, 2.75) is 6.54 Å². The van der Waals surface area contributed by atoms with Crippen LogP contribution in [-0.2, 0) is 6.54 Å². The summed E-state index contributed by atoms with van der Waals surface area (Å²) in [7, 11) is 0. The van der Waals surface area contributed by atoms with Gasteiger partial charge in [0.1, 0.15) is 24.2 Å². The zero-order valence-electron chi connectivity index (χ0n) is 9.95. The lowest BCUT2D eigenvalue weighted by Gasteiger charge is -2.03. The minimum absolute atomic E-state index is 0.554. The maximum absolute atomic E-state index is 5.96. The molecule has 0 aliphatic carbocycles. The number of hydrogen-bond acceptors (Lipinski definition) is 4. The molecule has 0 saturated carbocycles. The first-order valence-corrected chi connectivity index (χ1v) is 6.12. The van der Waals surface area contributed by atoms with Crippen LogP contribution in [0.25, 0.3) is 11.3 Å². The molecule has 19 heavy (non-hydrogen) atoms. The van der Waals surface area contributed by atoms with Gasteiger partial charge in [0.05, 0.1) is 6.54 Å². The second-order valence-corrected chi connectivity index (χ2v) is 4.42. The molecular formula is C13H11ClN4O. The lowest BCUT2D eigenvalue weighted by molar-refractivity contribution is 0.523. The van der Waals surface area contributed by atoms with E-state index in [2.05, 4.69) is 15.6 Å². The molecule has 0 atom stereocenters. The van der Waals surface area contributed by atoms with Crippen molar-refractivity contribution in [3.05, 3.63) is 59.8 Å². The molecular weight excluding hydrogens is 264 g/mol. The molecule has 0 amide bonds. The summed E-state index contributed by atoms with van der Waals surface area (Å²) in [5.74, 6) is 1.62. The average Bonchev–Trinajstić information content (AvgIpc) is 3.08. The van der Waals surface area contributed by atoms with E-state index in [0.717, 1.165) is 17.1 Å². The number of halogens is 1. The average molecular weight is 275 g/mol. The van der Waals surface area contributed by atoms with Crippen LogP contribution in [0.4, 0.5) is 0 Å². The Kier molecular flexibility index (Phi) is 3.20. The Bertz CT molecular complexity index is 663. The molecule has 0 spiro atoms. The maximum atomic E-state index is 5.96. The van der Waals surface area contributed by atoms with Crippen molar-refractivity contribution >= 4 is 11.6 Å². The molecule has 6 heteroatoms. The summed E-state index contributed by atoms with van der Waals surface area (Å²) in [5.41, 5.74) is 4.05. The van der Waals surface area contributed by atoms with Crippen LogP contribution < -0.4 is 5.43 Å². The first-order valence-electron chi connectivity index (χ1n) is 5.74. The smallest absolute Gasteiger partial charge is 0.138 e. The number of rotatable bonds is 4. The van der Waals surface area contributed by atoms with Crippen molar-refractivity contribution in [1.29, 1.82) is 0 Å². The van der Waals surface area contributed by atoms with Crippen LogP contribution in [0, 0.1) is 0 Å². The van der Waals surface area contributed by atoms with Gasteiger partial charge < -0.3 is 9.84 Å². The van der Waals surface area contributed by atoms with Crippen LogP contribution in [0.3, 0.4) is 0 Å². The summed E-state index contributed by atoms with van der Waals surface area (Å²) in [5, 5.41) is 8.10. The van der Waals surface area contributed by atoms with Gasteiger partial charge in [0.2, 0.25) is 0 Å². The molecule has 5 nitrogen and oxygen atoms in total. The Morgan fingerprint density at radius 2 is 2.00 bits per heavy atom. The van der Waals surface area contributed by atoms with Gasteiger partial charge in [-0.1, -0.05) is 23.7 Å². The van der Waals surface area contributed by atoms with Gasteiger partial charge in [-0.05, 0) is 24.3 Å². The first-order chi connectivity index (χ1) is 9.31. The van der Waals surface area contributed by atoms with E-state index in [9.17, 15) is 0 Å². The summed E-state index contributed by atoms with van der Waals surface area (Å²) >= 11 is 5.96. The Hall–Kier alpha value is -2.27. The minimum Gasteiger partial charge on any atom is -0.459 e. The van der Waals surface area contributed by atoms with Crippen molar-refractivity contribution in [1.82, 2.24) is 14.9 Å². The molecule has 96 valence electrons. The molecule has 2 aromatic heterocycles. The van der Waals surface area contributed by atoms with E-state index in [4.69, 9.17) is 16.0 Å². The van der Waals surface area contributed by atoms with Crippen molar-refractivity contribution in [2.24, 2.45) is 0 Å². The predicted molar refractivity (Wildman–Crippen MR) is 72.2 cm³/mol. The highest BCUT2D eigenvalue weighted by molar-refractivity contribution is 6.30. The van der Waals surface area contributed by atoms with Crippen LogP contribution in [0.1, 0.15) is 5.76 Å². The first kappa shape index (κ1) is 11.8. The van der Waals surface area contributed by atoms with E-state index < -0.39 is 0 Å². The summed E-state index contributed by atoms with van der Waals surface area (Å²) < 4.78 is 7.42. The Morgan fingerprint density at radius 1 is 1.16 bits per heavy atom. The van der Waals surface area contributed by atoms with E-state index in [0.29, 0.717) is 11.6 Å². The van der Waals surface area contributed by atoms with E-state index in [-0.39, 0.29) is 0 Å². The van der Waals surface area contributed by atoms with Gasteiger partial charge in [-0.3, -0.25) is 0 Å². The number of aromatic nitrogens is 3. The number of furan rings is 1. The van der Waals surface area contributed by atoms with Crippen LogP contribution in [0.15, 0.2) is 53.5 Å². The summed E-state index contributed by atoms with van der Waals surface area (Å²) in [6.07, 6.45) is 3.17. The fourth-order valence-electron chi connectivity index (χ4n) is 1.72. The second-order valence-electron chi connectivity index (χ2n) is 3.98. The van der Waals surface area contributed by atoms with Gasteiger partial charge in [-0.2, -0.15) is 0 Å². The Labute approximate surface area is 114 Å². The normalized spacial score (nSPS) is 10.6. The topological polar surface area (TPSA) is 55.9 Å². The monoisotopic (exact) mass is 274 g/mol. The molecule has 1 aromatic carbocycles. The van der Waals surface area contributed by atoms with E-state index in [1.54, 1.807) is 17.3 Å². The van der Waals surface area contributed by atoms with Crippen molar-refractivity contribution < 1.29 is 4.42 Å². The van der Waals surface area contributed by atoms with Crippen molar-refractivity contribution in [3.63, 3.8) is 0 Å². The largest absolute Gasteiger partial charge is 0.459 e. The molecule has 0 bridgehead atoms. The van der Waals surface area contributed by atoms with Crippen LogP contribution >= 0.6 is 11.6 Å². The Morgan fingerprint density at radius 3 is 2.79 bits per heavy atom. The fraction of sp³-hybridized carbons (Fsp3) is 0.0769. The van der Waals surface area contributed by atoms with Gasteiger partial charge in [0.15, 0.2) is 0 Å². The number of nitrogens with one attached hydrogen (secondary N) is 1. The van der Waals surface area contributed by atoms with Crippen molar-refractivity contribution in [2.75, 3.05) is 5.43 Å². The van der Waals surface area contributed by atoms with E-state index in [1.165, 1.54) is 0 Å². The highest BCUT2D eigenvalue weighted by Crippen LogP contribution is 2.24. The van der Waals surface area contributed by atoms with Crippen LogP contribution in [-0.4, -0.2) is 14.9 Å².